The number of rotatable bonds is 5. The van der Waals surface area contributed by atoms with E-state index in [4.69, 9.17) is 0 Å². The number of benzene rings is 2. The Morgan fingerprint density at radius 2 is 1.91 bits per heavy atom. The minimum atomic E-state index is -0.129. The first-order chi connectivity index (χ1) is 10.7. The van der Waals surface area contributed by atoms with Crippen LogP contribution in [0.25, 0.3) is 11.0 Å². The second kappa shape index (κ2) is 6.02. The van der Waals surface area contributed by atoms with Crippen molar-refractivity contribution in [3.63, 3.8) is 0 Å². The molecule has 0 aliphatic carbocycles. The second-order valence-corrected chi connectivity index (χ2v) is 5.54. The first-order valence-corrected chi connectivity index (χ1v) is 7.39. The van der Waals surface area contributed by atoms with Crippen molar-refractivity contribution in [2.45, 2.75) is 26.4 Å². The number of para-hydroxylation sites is 2. The Morgan fingerprint density at radius 1 is 1.18 bits per heavy atom. The third kappa shape index (κ3) is 2.72. The topological polar surface area (TPSA) is 46.9 Å². The van der Waals surface area contributed by atoms with Crippen molar-refractivity contribution in [1.29, 1.82) is 0 Å². The lowest BCUT2D eigenvalue weighted by atomic mass is 10.1. The van der Waals surface area contributed by atoms with E-state index in [0.717, 1.165) is 29.8 Å². The Balaban J connectivity index is 2.06. The number of imidazole rings is 1. The molecule has 1 N–H and O–H groups in total. The molecule has 1 amide bonds. The van der Waals surface area contributed by atoms with Crippen molar-refractivity contribution in [3.05, 3.63) is 65.5 Å². The third-order valence-corrected chi connectivity index (χ3v) is 3.85. The number of hydrogen-bond acceptors (Lipinski definition) is 2. The smallest absolute Gasteiger partial charge is 0.207 e. The van der Waals surface area contributed by atoms with Gasteiger partial charge in [0.25, 0.3) is 0 Å². The molecule has 0 spiro atoms. The molecule has 1 unspecified atom stereocenters. The number of aryl methyl sites for hydroxylation is 1. The number of nitrogens with zero attached hydrogens (tertiary/aromatic N) is 2. The van der Waals surface area contributed by atoms with Crippen molar-refractivity contribution >= 4 is 17.4 Å². The molecule has 0 radical (unpaired) electrons. The van der Waals surface area contributed by atoms with E-state index in [1.165, 1.54) is 11.1 Å². The monoisotopic (exact) mass is 293 g/mol. The molecule has 0 aliphatic heterocycles. The number of aromatic nitrogens is 2. The average Bonchev–Trinajstić information content (AvgIpc) is 2.89. The third-order valence-electron chi connectivity index (χ3n) is 3.85. The molecule has 2 aromatic carbocycles. The molecular weight excluding hydrogens is 274 g/mol. The van der Waals surface area contributed by atoms with Crippen LogP contribution in [0.1, 0.15) is 29.9 Å². The first-order valence-electron chi connectivity index (χ1n) is 7.39. The zero-order chi connectivity index (χ0) is 15.5. The molecule has 1 heterocycles. The van der Waals surface area contributed by atoms with Crippen LogP contribution in [0.3, 0.4) is 0 Å². The van der Waals surface area contributed by atoms with Gasteiger partial charge in [0.15, 0.2) is 0 Å². The number of amides is 1. The summed E-state index contributed by atoms with van der Waals surface area (Å²) in [5.41, 5.74) is 4.49. The van der Waals surface area contributed by atoms with Gasteiger partial charge in [0, 0.05) is 6.54 Å². The molecule has 0 aliphatic rings. The maximum Gasteiger partial charge on any atom is 0.207 e. The Morgan fingerprint density at radius 3 is 2.64 bits per heavy atom. The van der Waals surface area contributed by atoms with Crippen LogP contribution < -0.4 is 5.32 Å². The molecule has 112 valence electrons. The van der Waals surface area contributed by atoms with Crippen LogP contribution >= 0.6 is 0 Å². The highest BCUT2D eigenvalue weighted by Crippen LogP contribution is 2.22. The summed E-state index contributed by atoms with van der Waals surface area (Å²) in [7, 11) is 0. The molecule has 1 aromatic heterocycles. The fourth-order valence-electron chi connectivity index (χ4n) is 2.64. The van der Waals surface area contributed by atoms with Gasteiger partial charge in [-0.25, -0.2) is 4.98 Å². The van der Waals surface area contributed by atoms with Gasteiger partial charge in [0.1, 0.15) is 5.82 Å². The van der Waals surface area contributed by atoms with E-state index in [-0.39, 0.29) is 6.04 Å². The summed E-state index contributed by atoms with van der Waals surface area (Å²) in [5.74, 6) is 0.869. The van der Waals surface area contributed by atoms with Crippen LogP contribution in [0.2, 0.25) is 0 Å². The van der Waals surface area contributed by atoms with Gasteiger partial charge in [-0.3, -0.25) is 4.79 Å². The summed E-state index contributed by atoms with van der Waals surface area (Å²) in [6, 6.07) is 16.4. The van der Waals surface area contributed by atoms with E-state index >= 15 is 0 Å². The SMILES string of the molecule is Cc1ccc(Cn2c(C(C)NC=O)nc3ccccc32)cc1. The van der Waals surface area contributed by atoms with Crippen LogP contribution in [-0.4, -0.2) is 16.0 Å². The van der Waals surface area contributed by atoms with Crippen LogP contribution in [0, 0.1) is 6.92 Å². The van der Waals surface area contributed by atoms with E-state index in [0.29, 0.717) is 0 Å². The van der Waals surface area contributed by atoms with Gasteiger partial charge in [-0.2, -0.15) is 0 Å². The van der Waals surface area contributed by atoms with Crippen LogP contribution in [-0.2, 0) is 11.3 Å². The fraction of sp³-hybridized carbons (Fsp3) is 0.222. The number of fused-ring (bicyclic) bond motifs is 1. The zero-order valence-electron chi connectivity index (χ0n) is 12.8. The molecule has 22 heavy (non-hydrogen) atoms. The van der Waals surface area contributed by atoms with Gasteiger partial charge in [-0.15, -0.1) is 0 Å². The molecule has 0 saturated heterocycles. The van der Waals surface area contributed by atoms with Crippen LogP contribution in [0.5, 0.6) is 0 Å². The Labute approximate surface area is 129 Å². The van der Waals surface area contributed by atoms with Gasteiger partial charge in [0.2, 0.25) is 6.41 Å². The van der Waals surface area contributed by atoms with Crippen LogP contribution in [0.4, 0.5) is 0 Å². The van der Waals surface area contributed by atoms with Crippen LogP contribution in [0.15, 0.2) is 48.5 Å². The Hall–Kier alpha value is -2.62. The molecule has 0 saturated carbocycles. The normalized spacial score (nSPS) is 12.3. The minimum absolute atomic E-state index is 0.129. The summed E-state index contributed by atoms with van der Waals surface area (Å²) < 4.78 is 2.17. The summed E-state index contributed by atoms with van der Waals surface area (Å²) >= 11 is 0. The standard InChI is InChI=1S/C18H19N3O/c1-13-7-9-15(10-8-13)11-21-17-6-4-3-5-16(17)20-18(21)14(2)19-12-22/h3-10,12,14H,11H2,1-2H3,(H,19,22). The predicted molar refractivity (Wildman–Crippen MR) is 87.6 cm³/mol. The second-order valence-electron chi connectivity index (χ2n) is 5.54. The van der Waals surface area contributed by atoms with Gasteiger partial charge in [-0.05, 0) is 31.5 Å². The molecule has 4 nitrogen and oxygen atoms in total. The van der Waals surface area contributed by atoms with Crippen molar-refractivity contribution in [1.82, 2.24) is 14.9 Å². The van der Waals surface area contributed by atoms with E-state index in [1.54, 1.807) is 0 Å². The van der Waals surface area contributed by atoms with E-state index in [2.05, 4.69) is 52.1 Å². The maximum atomic E-state index is 10.8. The van der Waals surface area contributed by atoms with Crippen molar-refractivity contribution in [2.75, 3.05) is 0 Å². The molecule has 0 bridgehead atoms. The lowest BCUT2D eigenvalue weighted by Gasteiger charge is -2.14. The zero-order valence-corrected chi connectivity index (χ0v) is 12.8. The molecule has 3 aromatic rings. The molecule has 4 heteroatoms. The molecule has 1 atom stereocenters. The number of hydrogen-bond donors (Lipinski definition) is 1. The first kappa shape index (κ1) is 14.3. The van der Waals surface area contributed by atoms with Crippen molar-refractivity contribution < 1.29 is 4.79 Å². The summed E-state index contributed by atoms with van der Waals surface area (Å²) in [4.78, 5) is 15.4. The number of carbonyl (C=O) groups is 1. The lowest BCUT2D eigenvalue weighted by molar-refractivity contribution is -0.110. The fourth-order valence-corrected chi connectivity index (χ4v) is 2.64. The van der Waals surface area contributed by atoms with Crippen molar-refractivity contribution in [3.8, 4) is 0 Å². The van der Waals surface area contributed by atoms with E-state index < -0.39 is 0 Å². The largest absolute Gasteiger partial charge is 0.349 e. The maximum absolute atomic E-state index is 10.8. The Kier molecular flexibility index (Phi) is 3.92. The van der Waals surface area contributed by atoms with Gasteiger partial charge >= 0.3 is 0 Å². The summed E-state index contributed by atoms with van der Waals surface area (Å²) in [6.07, 6.45) is 0.722. The van der Waals surface area contributed by atoms with Crippen molar-refractivity contribution in [2.24, 2.45) is 0 Å². The molecule has 0 fully saturated rings. The Bertz CT molecular complexity index is 790. The quantitative estimate of drug-likeness (QED) is 0.734. The van der Waals surface area contributed by atoms with E-state index in [9.17, 15) is 4.79 Å². The highest BCUT2D eigenvalue weighted by Gasteiger charge is 2.16. The molecular formula is C18H19N3O. The van der Waals surface area contributed by atoms with Gasteiger partial charge in [0.05, 0.1) is 17.1 Å². The summed E-state index contributed by atoms with van der Waals surface area (Å²) in [6.45, 7) is 4.76. The number of carbonyl (C=O) groups excluding carboxylic acids is 1. The van der Waals surface area contributed by atoms with Gasteiger partial charge in [-0.1, -0.05) is 42.0 Å². The predicted octanol–water partition coefficient (Wildman–Crippen LogP) is 3.20. The highest BCUT2D eigenvalue weighted by molar-refractivity contribution is 5.76. The number of nitrogens with one attached hydrogen (secondary N) is 1. The minimum Gasteiger partial charge on any atom is -0.349 e. The molecule has 3 rings (SSSR count). The van der Waals surface area contributed by atoms with Gasteiger partial charge < -0.3 is 9.88 Å². The highest BCUT2D eigenvalue weighted by atomic mass is 16.1. The lowest BCUT2D eigenvalue weighted by Crippen LogP contribution is -2.20. The average molecular weight is 293 g/mol. The van der Waals surface area contributed by atoms with E-state index in [1.807, 2.05) is 25.1 Å². The summed E-state index contributed by atoms with van der Waals surface area (Å²) in [5, 5.41) is 2.79.